The third-order valence-electron chi connectivity index (χ3n) is 5.29. The SMILES string of the molecule is N=C(c1ccc(C(=O)Nc2cc(C(F)(F)F)ccn2)cc1)c1c(N)ncnc1NC1CCNC1. The van der Waals surface area contributed by atoms with Gasteiger partial charge in [0.15, 0.2) is 0 Å². The molecular formula is C22H21F3N8O. The number of halogens is 3. The Kier molecular flexibility index (Phi) is 6.41. The fourth-order valence-electron chi connectivity index (χ4n) is 3.52. The van der Waals surface area contributed by atoms with Crippen LogP contribution in [-0.2, 0) is 6.18 Å². The van der Waals surface area contributed by atoms with Gasteiger partial charge in [-0.1, -0.05) is 12.1 Å². The summed E-state index contributed by atoms with van der Waals surface area (Å²) >= 11 is 0. The minimum atomic E-state index is -4.55. The Morgan fingerprint density at radius 2 is 1.85 bits per heavy atom. The van der Waals surface area contributed by atoms with E-state index in [0.717, 1.165) is 37.8 Å². The van der Waals surface area contributed by atoms with Gasteiger partial charge in [0.25, 0.3) is 5.91 Å². The molecule has 9 nitrogen and oxygen atoms in total. The van der Waals surface area contributed by atoms with E-state index in [4.69, 9.17) is 11.1 Å². The highest BCUT2D eigenvalue weighted by atomic mass is 19.4. The normalized spacial score (nSPS) is 15.7. The van der Waals surface area contributed by atoms with Crippen LogP contribution in [0.2, 0.25) is 0 Å². The van der Waals surface area contributed by atoms with Crippen LogP contribution in [-0.4, -0.2) is 45.7 Å². The van der Waals surface area contributed by atoms with Crippen molar-refractivity contribution in [1.29, 1.82) is 5.41 Å². The quantitative estimate of drug-likeness (QED) is 0.349. The van der Waals surface area contributed by atoms with Gasteiger partial charge < -0.3 is 21.7 Å². The van der Waals surface area contributed by atoms with Crippen molar-refractivity contribution < 1.29 is 18.0 Å². The van der Waals surface area contributed by atoms with Crippen LogP contribution in [0.15, 0.2) is 48.9 Å². The van der Waals surface area contributed by atoms with Gasteiger partial charge in [0, 0.05) is 29.9 Å². The van der Waals surface area contributed by atoms with Crippen molar-refractivity contribution in [3.63, 3.8) is 0 Å². The first-order chi connectivity index (χ1) is 16.2. The lowest BCUT2D eigenvalue weighted by Crippen LogP contribution is -2.25. The first-order valence-corrected chi connectivity index (χ1v) is 10.3. The largest absolute Gasteiger partial charge is 0.416 e. The van der Waals surface area contributed by atoms with Crippen LogP contribution in [0.1, 0.15) is 33.5 Å². The van der Waals surface area contributed by atoms with Crippen molar-refractivity contribution in [1.82, 2.24) is 20.3 Å². The van der Waals surface area contributed by atoms with Crippen LogP contribution < -0.4 is 21.7 Å². The molecule has 1 atom stereocenters. The van der Waals surface area contributed by atoms with E-state index in [-0.39, 0.29) is 29.0 Å². The predicted octanol–water partition coefficient (Wildman–Crippen LogP) is 2.91. The summed E-state index contributed by atoms with van der Waals surface area (Å²) in [6.07, 6.45) is -1.34. The molecule has 1 amide bonds. The van der Waals surface area contributed by atoms with E-state index in [1.807, 2.05) is 0 Å². The lowest BCUT2D eigenvalue weighted by Gasteiger charge is -2.17. The molecule has 34 heavy (non-hydrogen) atoms. The zero-order valence-corrected chi connectivity index (χ0v) is 17.8. The van der Waals surface area contributed by atoms with Crippen molar-refractivity contribution in [2.45, 2.75) is 18.6 Å². The van der Waals surface area contributed by atoms with E-state index in [1.54, 1.807) is 12.1 Å². The molecule has 12 heteroatoms. The zero-order chi connectivity index (χ0) is 24.3. The number of rotatable bonds is 6. The number of aromatic nitrogens is 3. The van der Waals surface area contributed by atoms with Gasteiger partial charge in [-0.05, 0) is 37.2 Å². The molecule has 0 aliphatic carbocycles. The summed E-state index contributed by atoms with van der Waals surface area (Å²) in [5, 5.41) is 17.5. The van der Waals surface area contributed by atoms with Crippen LogP contribution in [0.4, 0.5) is 30.6 Å². The van der Waals surface area contributed by atoms with Gasteiger partial charge in [-0.3, -0.25) is 10.2 Å². The molecule has 1 aromatic carbocycles. The molecule has 2 aromatic heterocycles. The van der Waals surface area contributed by atoms with Crippen LogP contribution in [0.5, 0.6) is 0 Å². The van der Waals surface area contributed by atoms with Gasteiger partial charge in [-0.25, -0.2) is 15.0 Å². The summed E-state index contributed by atoms with van der Waals surface area (Å²) in [4.78, 5) is 24.5. The second-order valence-electron chi connectivity index (χ2n) is 7.65. The molecule has 1 unspecified atom stereocenters. The zero-order valence-electron chi connectivity index (χ0n) is 17.8. The average molecular weight is 470 g/mol. The molecule has 1 aliphatic heterocycles. The van der Waals surface area contributed by atoms with Gasteiger partial charge >= 0.3 is 6.18 Å². The Morgan fingerprint density at radius 1 is 1.12 bits per heavy atom. The van der Waals surface area contributed by atoms with Gasteiger partial charge in [-0.15, -0.1) is 0 Å². The van der Waals surface area contributed by atoms with E-state index in [0.29, 0.717) is 16.9 Å². The van der Waals surface area contributed by atoms with Crippen molar-refractivity contribution in [3.8, 4) is 0 Å². The summed E-state index contributed by atoms with van der Waals surface area (Å²) in [7, 11) is 0. The van der Waals surface area contributed by atoms with Gasteiger partial charge in [-0.2, -0.15) is 13.2 Å². The lowest BCUT2D eigenvalue weighted by molar-refractivity contribution is -0.137. The summed E-state index contributed by atoms with van der Waals surface area (Å²) in [6.45, 7) is 1.64. The fourth-order valence-corrected chi connectivity index (χ4v) is 3.52. The molecule has 3 aromatic rings. The number of nitrogens with one attached hydrogen (secondary N) is 4. The van der Waals surface area contributed by atoms with Crippen molar-refractivity contribution in [2.75, 3.05) is 29.5 Å². The number of carbonyl (C=O) groups excluding carboxylic acids is 1. The van der Waals surface area contributed by atoms with Crippen LogP contribution in [0.25, 0.3) is 0 Å². The number of benzene rings is 1. The van der Waals surface area contributed by atoms with Crippen LogP contribution in [0.3, 0.4) is 0 Å². The molecule has 176 valence electrons. The second kappa shape index (κ2) is 9.43. The molecule has 6 N–H and O–H groups in total. The maximum atomic E-state index is 12.9. The molecule has 0 radical (unpaired) electrons. The second-order valence-corrected chi connectivity index (χ2v) is 7.65. The number of amides is 1. The van der Waals surface area contributed by atoms with E-state index < -0.39 is 17.6 Å². The van der Waals surface area contributed by atoms with Gasteiger partial charge in [0.2, 0.25) is 0 Å². The van der Waals surface area contributed by atoms with Crippen molar-refractivity contribution in [3.05, 3.63) is 71.2 Å². The molecule has 1 fully saturated rings. The number of nitrogens with zero attached hydrogens (tertiary/aromatic N) is 3. The molecule has 0 bridgehead atoms. The van der Waals surface area contributed by atoms with E-state index in [9.17, 15) is 18.0 Å². The van der Waals surface area contributed by atoms with E-state index in [2.05, 4.69) is 30.9 Å². The predicted molar refractivity (Wildman–Crippen MR) is 121 cm³/mol. The third kappa shape index (κ3) is 5.12. The molecule has 1 aliphatic rings. The molecule has 3 heterocycles. The summed E-state index contributed by atoms with van der Waals surface area (Å²) in [5.41, 5.74) is 6.19. The summed E-state index contributed by atoms with van der Waals surface area (Å²) in [5.74, 6) is -0.263. The van der Waals surface area contributed by atoms with Crippen molar-refractivity contribution in [2.24, 2.45) is 0 Å². The Morgan fingerprint density at radius 3 is 2.53 bits per heavy atom. The number of pyridine rings is 1. The highest BCUT2D eigenvalue weighted by molar-refractivity contribution is 6.16. The lowest BCUT2D eigenvalue weighted by atomic mass is 10.0. The summed E-state index contributed by atoms with van der Waals surface area (Å²) < 4.78 is 38.6. The molecule has 0 saturated carbocycles. The van der Waals surface area contributed by atoms with Crippen molar-refractivity contribution >= 4 is 29.1 Å². The summed E-state index contributed by atoms with van der Waals surface area (Å²) in [6, 6.07) is 7.74. The number of alkyl halides is 3. The highest BCUT2D eigenvalue weighted by Crippen LogP contribution is 2.30. The number of hydrogen-bond donors (Lipinski definition) is 5. The molecular weight excluding hydrogens is 449 g/mol. The standard InChI is InChI=1S/C22H21F3N8O/c23-22(24,25)14-5-8-29-16(9-14)33-21(34)13-3-1-12(2-4-13)18(26)17-19(27)30-11-31-20(17)32-15-6-7-28-10-15/h1-5,8-9,11,15,26,28H,6-7,10H2,(H,29,33,34)(H3,27,30,31,32). The minimum absolute atomic E-state index is 0.0676. The minimum Gasteiger partial charge on any atom is -0.383 e. The maximum absolute atomic E-state index is 12.9. The first-order valence-electron chi connectivity index (χ1n) is 10.3. The number of carbonyl (C=O) groups is 1. The van der Waals surface area contributed by atoms with Gasteiger partial charge in [0.1, 0.15) is 23.8 Å². The van der Waals surface area contributed by atoms with Crippen LogP contribution >= 0.6 is 0 Å². The Hall–Kier alpha value is -4.06. The Bertz CT molecular complexity index is 1210. The van der Waals surface area contributed by atoms with Gasteiger partial charge in [0.05, 0.1) is 16.8 Å². The molecule has 4 rings (SSSR count). The first kappa shape index (κ1) is 23.1. The maximum Gasteiger partial charge on any atom is 0.416 e. The number of nitrogens with two attached hydrogens (primary N) is 1. The number of hydrogen-bond acceptors (Lipinski definition) is 8. The third-order valence-corrected chi connectivity index (χ3v) is 5.29. The smallest absolute Gasteiger partial charge is 0.383 e. The highest BCUT2D eigenvalue weighted by Gasteiger charge is 2.31. The fraction of sp³-hybridized carbons (Fsp3) is 0.227. The number of anilines is 3. The Labute approximate surface area is 192 Å². The monoisotopic (exact) mass is 470 g/mol. The van der Waals surface area contributed by atoms with E-state index in [1.165, 1.54) is 18.5 Å². The average Bonchev–Trinajstić information content (AvgIpc) is 3.32. The number of nitrogen functional groups attached to an aromatic ring is 1. The Balaban J connectivity index is 1.51. The van der Waals surface area contributed by atoms with Crippen LogP contribution in [0, 0.1) is 5.41 Å². The molecule has 0 spiro atoms. The van der Waals surface area contributed by atoms with E-state index >= 15 is 0 Å². The topological polar surface area (TPSA) is 142 Å². The molecule has 1 saturated heterocycles.